The minimum atomic E-state index is -0.130. The van der Waals surface area contributed by atoms with Gasteiger partial charge in [-0.2, -0.15) is 0 Å². The number of benzene rings is 1. The van der Waals surface area contributed by atoms with Crippen molar-refractivity contribution in [3.05, 3.63) is 83.2 Å². The molecule has 0 unspecified atom stereocenters. The molecule has 0 radical (unpaired) electrons. The molecule has 1 N–H and O–H groups in total. The number of nitrogens with one attached hydrogen (secondary N) is 1. The first-order chi connectivity index (χ1) is 13.6. The Kier molecular flexibility index (Phi) is 4.63. The average Bonchev–Trinajstić information content (AvgIpc) is 3.19. The van der Waals surface area contributed by atoms with E-state index >= 15 is 0 Å². The van der Waals surface area contributed by atoms with Crippen molar-refractivity contribution in [1.82, 2.24) is 14.5 Å². The average molecular weight is 374 g/mol. The van der Waals surface area contributed by atoms with E-state index in [4.69, 9.17) is 9.15 Å². The fraction of sp³-hybridized carbons (Fsp3) is 0.0952. The third kappa shape index (κ3) is 3.50. The summed E-state index contributed by atoms with van der Waals surface area (Å²) in [5.41, 5.74) is 3.12. The first kappa shape index (κ1) is 17.5. The van der Waals surface area contributed by atoms with Gasteiger partial charge in [-0.1, -0.05) is 12.1 Å². The Bertz CT molecular complexity index is 1180. The predicted octanol–water partition coefficient (Wildman–Crippen LogP) is 3.95. The fourth-order valence-corrected chi connectivity index (χ4v) is 2.78. The lowest BCUT2D eigenvalue weighted by Gasteiger charge is -2.08. The number of hydrogen-bond donors (Lipinski definition) is 1. The molecule has 4 aromatic rings. The van der Waals surface area contributed by atoms with Gasteiger partial charge in [0, 0.05) is 35.8 Å². The van der Waals surface area contributed by atoms with Crippen LogP contribution in [0.4, 0.5) is 11.7 Å². The Morgan fingerprint density at radius 2 is 2.00 bits per heavy atom. The molecule has 7 nitrogen and oxygen atoms in total. The first-order valence-electron chi connectivity index (χ1n) is 8.65. The van der Waals surface area contributed by atoms with Crippen LogP contribution in [-0.4, -0.2) is 21.6 Å². The number of rotatable bonds is 5. The van der Waals surface area contributed by atoms with Crippen molar-refractivity contribution in [2.75, 3.05) is 12.4 Å². The zero-order valence-corrected chi connectivity index (χ0v) is 15.4. The monoisotopic (exact) mass is 374 g/mol. The highest BCUT2D eigenvalue weighted by molar-refractivity contribution is 5.63. The second-order valence-corrected chi connectivity index (χ2v) is 6.18. The molecule has 0 spiro atoms. The molecule has 3 aromatic heterocycles. The lowest BCUT2D eigenvalue weighted by atomic mass is 10.2. The molecule has 0 saturated heterocycles. The number of methoxy groups -OCH3 is 1. The van der Waals surface area contributed by atoms with E-state index in [0.29, 0.717) is 17.5 Å². The zero-order valence-electron chi connectivity index (χ0n) is 15.4. The Hall–Kier alpha value is -3.87. The molecular formula is C21H18N4O3. The maximum Gasteiger partial charge on any atom is 0.299 e. The summed E-state index contributed by atoms with van der Waals surface area (Å²) >= 11 is 0. The van der Waals surface area contributed by atoms with Crippen LogP contribution in [0.2, 0.25) is 0 Å². The SMILES string of the molecule is COc1ccc(C)c(Nc2ncc(-c3cncc(-n4ccccc4=O)c3)o2)c1. The molecule has 4 rings (SSSR count). The van der Waals surface area contributed by atoms with Crippen LogP contribution in [0.1, 0.15) is 5.56 Å². The molecule has 0 saturated carbocycles. The van der Waals surface area contributed by atoms with Gasteiger partial charge in [0.1, 0.15) is 5.75 Å². The molecule has 0 aliphatic rings. The Balaban J connectivity index is 1.63. The van der Waals surface area contributed by atoms with E-state index in [1.54, 1.807) is 44.0 Å². The highest BCUT2D eigenvalue weighted by Crippen LogP contribution is 2.28. The van der Waals surface area contributed by atoms with E-state index < -0.39 is 0 Å². The quantitative estimate of drug-likeness (QED) is 0.570. The van der Waals surface area contributed by atoms with Crippen LogP contribution in [0.25, 0.3) is 17.0 Å². The summed E-state index contributed by atoms with van der Waals surface area (Å²) in [5, 5.41) is 3.16. The number of aryl methyl sites for hydroxylation is 1. The van der Waals surface area contributed by atoms with E-state index in [0.717, 1.165) is 22.6 Å². The Labute approximate surface area is 161 Å². The molecule has 140 valence electrons. The van der Waals surface area contributed by atoms with E-state index in [1.165, 1.54) is 10.6 Å². The topological polar surface area (TPSA) is 82.2 Å². The van der Waals surface area contributed by atoms with Crippen molar-refractivity contribution >= 4 is 11.7 Å². The van der Waals surface area contributed by atoms with Crippen LogP contribution in [0, 0.1) is 6.92 Å². The number of anilines is 2. The van der Waals surface area contributed by atoms with E-state index in [9.17, 15) is 4.79 Å². The number of ether oxygens (including phenoxy) is 1. The zero-order chi connectivity index (χ0) is 19.5. The minimum Gasteiger partial charge on any atom is -0.497 e. The highest BCUT2D eigenvalue weighted by atomic mass is 16.5. The lowest BCUT2D eigenvalue weighted by molar-refractivity contribution is 0.415. The minimum absolute atomic E-state index is 0.130. The smallest absolute Gasteiger partial charge is 0.299 e. The highest BCUT2D eigenvalue weighted by Gasteiger charge is 2.10. The Morgan fingerprint density at radius 3 is 2.82 bits per heavy atom. The molecule has 7 heteroatoms. The van der Waals surface area contributed by atoms with Gasteiger partial charge in [-0.25, -0.2) is 4.98 Å². The normalized spacial score (nSPS) is 10.6. The number of pyridine rings is 2. The molecule has 0 atom stereocenters. The largest absolute Gasteiger partial charge is 0.497 e. The van der Waals surface area contributed by atoms with Crippen LogP contribution >= 0.6 is 0 Å². The van der Waals surface area contributed by atoms with E-state index in [1.807, 2.05) is 31.2 Å². The van der Waals surface area contributed by atoms with Crippen LogP contribution in [0.3, 0.4) is 0 Å². The van der Waals surface area contributed by atoms with Crippen LogP contribution in [-0.2, 0) is 0 Å². The molecular weight excluding hydrogens is 356 g/mol. The van der Waals surface area contributed by atoms with Crippen molar-refractivity contribution in [2.24, 2.45) is 0 Å². The summed E-state index contributed by atoms with van der Waals surface area (Å²) in [6, 6.07) is 12.9. The maximum atomic E-state index is 12.0. The molecule has 0 aliphatic carbocycles. The molecule has 0 amide bonds. The summed E-state index contributed by atoms with van der Waals surface area (Å²) in [5.74, 6) is 1.28. The van der Waals surface area contributed by atoms with Crippen molar-refractivity contribution in [3.8, 4) is 22.8 Å². The third-order valence-corrected chi connectivity index (χ3v) is 4.30. The summed E-state index contributed by atoms with van der Waals surface area (Å²) in [6.45, 7) is 1.98. The summed E-state index contributed by atoms with van der Waals surface area (Å²) in [7, 11) is 1.62. The maximum absolute atomic E-state index is 12.0. The van der Waals surface area contributed by atoms with Gasteiger partial charge < -0.3 is 14.5 Å². The van der Waals surface area contributed by atoms with Gasteiger partial charge in [-0.05, 0) is 30.7 Å². The van der Waals surface area contributed by atoms with Crippen molar-refractivity contribution in [3.63, 3.8) is 0 Å². The van der Waals surface area contributed by atoms with E-state index in [2.05, 4.69) is 15.3 Å². The first-order valence-corrected chi connectivity index (χ1v) is 8.65. The number of nitrogens with zero attached hydrogens (tertiary/aromatic N) is 3. The number of oxazole rings is 1. The molecule has 0 bridgehead atoms. The van der Waals surface area contributed by atoms with Gasteiger partial charge >= 0.3 is 0 Å². The second-order valence-electron chi connectivity index (χ2n) is 6.18. The Morgan fingerprint density at radius 1 is 1.11 bits per heavy atom. The predicted molar refractivity (Wildman–Crippen MR) is 106 cm³/mol. The summed E-state index contributed by atoms with van der Waals surface area (Å²) < 4.78 is 12.6. The van der Waals surface area contributed by atoms with Gasteiger partial charge in [-0.3, -0.25) is 14.3 Å². The fourth-order valence-electron chi connectivity index (χ4n) is 2.78. The van der Waals surface area contributed by atoms with Gasteiger partial charge in [0.15, 0.2) is 5.76 Å². The lowest BCUT2D eigenvalue weighted by Crippen LogP contribution is -2.15. The van der Waals surface area contributed by atoms with Crippen LogP contribution in [0.5, 0.6) is 5.75 Å². The molecule has 0 fully saturated rings. The number of aromatic nitrogens is 3. The molecule has 1 aromatic carbocycles. The van der Waals surface area contributed by atoms with Crippen molar-refractivity contribution < 1.29 is 9.15 Å². The van der Waals surface area contributed by atoms with Crippen molar-refractivity contribution in [1.29, 1.82) is 0 Å². The number of hydrogen-bond acceptors (Lipinski definition) is 6. The molecule has 0 aliphatic heterocycles. The second kappa shape index (κ2) is 7.40. The van der Waals surface area contributed by atoms with Crippen LogP contribution < -0.4 is 15.6 Å². The van der Waals surface area contributed by atoms with E-state index in [-0.39, 0.29) is 5.56 Å². The third-order valence-electron chi connectivity index (χ3n) is 4.30. The van der Waals surface area contributed by atoms with Gasteiger partial charge in [-0.15, -0.1) is 0 Å². The molecule has 28 heavy (non-hydrogen) atoms. The van der Waals surface area contributed by atoms with Gasteiger partial charge in [0.2, 0.25) is 0 Å². The molecule has 3 heterocycles. The summed E-state index contributed by atoms with van der Waals surface area (Å²) in [4.78, 5) is 20.6. The van der Waals surface area contributed by atoms with Crippen molar-refractivity contribution in [2.45, 2.75) is 6.92 Å². The standard InChI is InChI=1S/C21H18N4O3/c1-14-6-7-17(27-2)10-18(14)24-21-23-13-19(28-21)15-9-16(12-22-11-15)25-8-4-3-5-20(25)26/h3-13H,1-2H3,(H,23,24). The van der Waals surface area contributed by atoms with Gasteiger partial charge in [0.05, 0.1) is 25.2 Å². The van der Waals surface area contributed by atoms with Crippen LogP contribution in [0.15, 0.2) is 76.5 Å². The summed E-state index contributed by atoms with van der Waals surface area (Å²) in [6.07, 6.45) is 6.60. The van der Waals surface area contributed by atoms with Gasteiger partial charge in [0.25, 0.3) is 11.6 Å².